The number of nitrogens with one attached hydrogen (secondary N) is 1. The van der Waals surface area contributed by atoms with E-state index in [2.05, 4.69) is 5.32 Å². The molecule has 1 aliphatic carbocycles. The molecular weight excluding hydrogens is 304 g/mol. The first-order valence-corrected chi connectivity index (χ1v) is 8.98. The van der Waals surface area contributed by atoms with E-state index in [9.17, 15) is 4.79 Å². The van der Waals surface area contributed by atoms with Crippen LogP contribution in [0.25, 0.3) is 0 Å². The van der Waals surface area contributed by atoms with Gasteiger partial charge in [0.25, 0.3) is 0 Å². The lowest BCUT2D eigenvalue weighted by Crippen LogP contribution is -2.31. The van der Waals surface area contributed by atoms with E-state index < -0.39 is 0 Å². The number of amides is 1. The fourth-order valence-corrected chi connectivity index (χ4v) is 3.53. The number of nitrogens with two attached hydrogens (primary N) is 1. The van der Waals surface area contributed by atoms with Crippen LogP contribution in [-0.4, -0.2) is 31.3 Å². The smallest absolute Gasteiger partial charge is 0.220 e. The van der Waals surface area contributed by atoms with Gasteiger partial charge in [0.2, 0.25) is 5.91 Å². The highest BCUT2D eigenvalue weighted by Gasteiger charge is 2.26. The number of carbonyl (C=O) groups is 1. The van der Waals surface area contributed by atoms with Crippen molar-refractivity contribution in [3.63, 3.8) is 0 Å². The molecule has 2 aliphatic rings. The molecule has 1 amide bonds. The second-order valence-electron chi connectivity index (χ2n) is 7.05. The molecule has 0 aromatic heterocycles. The molecule has 24 heavy (non-hydrogen) atoms. The van der Waals surface area contributed by atoms with Gasteiger partial charge in [-0.15, -0.1) is 0 Å². The van der Waals surface area contributed by atoms with Crippen LogP contribution >= 0.6 is 0 Å². The Morgan fingerprint density at radius 3 is 2.96 bits per heavy atom. The molecule has 3 rings (SSSR count). The van der Waals surface area contributed by atoms with Crippen LogP contribution in [-0.2, 0) is 16.1 Å². The van der Waals surface area contributed by atoms with Crippen molar-refractivity contribution < 1.29 is 14.3 Å². The van der Waals surface area contributed by atoms with Crippen LogP contribution < -0.4 is 15.8 Å². The molecule has 1 saturated carbocycles. The van der Waals surface area contributed by atoms with Crippen molar-refractivity contribution in [1.29, 1.82) is 0 Å². The fourth-order valence-electron chi connectivity index (χ4n) is 3.53. The van der Waals surface area contributed by atoms with Crippen LogP contribution in [0, 0.1) is 12.8 Å². The van der Waals surface area contributed by atoms with E-state index in [0.717, 1.165) is 49.2 Å². The zero-order valence-corrected chi connectivity index (χ0v) is 14.4. The zero-order chi connectivity index (χ0) is 16.9. The maximum absolute atomic E-state index is 12.2. The first-order chi connectivity index (χ1) is 11.6. The third-order valence-corrected chi connectivity index (χ3v) is 5.05. The van der Waals surface area contributed by atoms with Crippen LogP contribution in [0.2, 0.25) is 0 Å². The highest BCUT2D eigenvalue weighted by molar-refractivity contribution is 5.76. The van der Waals surface area contributed by atoms with E-state index in [0.29, 0.717) is 25.5 Å². The summed E-state index contributed by atoms with van der Waals surface area (Å²) in [7, 11) is 0. The van der Waals surface area contributed by atoms with Gasteiger partial charge in [-0.05, 0) is 37.3 Å². The van der Waals surface area contributed by atoms with E-state index in [-0.39, 0.29) is 18.1 Å². The van der Waals surface area contributed by atoms with Crippen molar-refractivity contribution in [3.05, 3.63) is 29.3 Å². The van der Waals surface area contributed by atoms with Gasteiger partial charge in [0.1, 0.15) is 11.9 Å². The minimum Gasteiger partial charge on any atom is -0.488 e. The van der Waals surface area contributed by atoms with E-state index in [4.69, 9.17) is 15.2 Å². The second-order valence-corrected chi connectivity index (χ2v) is 7.05. The van der Waals surface area contributed by atoms with Crippen molar-refractivity contribution in [1.82, 2.24) is 5.32 Å². The first-order valence-electron chi connectivity index (χ1n) is 8.98. The quantitative estimate of drug-likeness (QED) is 0.838. The maximum atomic E-state index is 12.2. The Balaban J connectivity index is 1.56. The Hall–Kier alpha value is -1.59. The molecule has 1 saturated heterocycles. The van der Waals surface area contributed by atoms with E-state index >= 15 is 0 Å². The van der Waals surface area contributed by atoms with Crippen molar-refractivity contribution in [2.24, 2.45) is 11.7 Å². The minimum atomic E-state index is 0.0769. The van der Waals surface area contributed by atoms with Crippen LogP contribution in [0.1, 0.15) is 43.2 Å². The summed E-state index contributed by atoms with van der Waals surface area (Å²) in [5, 5.41) is 3.03. The molecule has 0 spiro atoms. The predicted octanol–water partition coefficient (Wildman–Crippen LogP) is 2.30. The number of hydrogen-bond acceptors (Lipinski definition) is 4. The number of hydrogen-bond donors (Lipinski definition) is 2. The Morgan fingerprint density at radius 2 is 2.25 bits per heavy atom. The molecule has 1 unspecified atom stereocenters. The number of carbonyl (C=O) groups excluding carboxylic acids is 1. The summed E-state index contributed by atoms with van der Waals surface area (Å²) in [5.74, 6) is 1.26. The van der Waals surface area contributed by atoms with Crippen LogP contribution in [0.15, 0.2) is 18.2 Å². The number of benzene rings is 1. The average Bonchev–Trinajstić information content (AvgIpc) is 3.19. The van der Waals surface area contributed by atoms with Gasteiger partial charge in [0.15, 0.2) is 0 Å². The second kappa shape index (κ2) is 7.99. The SMILES string of the molecule is Cc1ccc(CNC(=O)C[C@@H]2CCC[C@H]2N)c(OC2CCOC2)c1. The molecule has 3 atom stereocenters. The van der Waals surface area contributed by atoms with Gasteiger partial charge < -0.3 is 20.5 Å². The van der Waals surface area contributed by atoms with Gasteiger partial charge in [0, 0.05) is 31.0 Å². The summed E-state index contributed by atoms with van der Waals surface area (Å²) >= 11 is 0. The molecule has 132 valence electrons. The summed E-state index contributed by atoms with van der Waals surface area (Å²) in [6.07, 6.45) is 4.79. The summed E-state index contributed by atoms with van der Waals surface area (Å²) in [4.78, 5) is 12.2. The predicted molar refractivity (Wildman–Crippen MR) is 92.8 cm³/mol. The van der Waals surface area contributed by atoms with Gasteiger partial charge in [-0.25, -0.2) is 0 Å². The maximum Gasteiger partial charge on any atom is 0.220 e. The van der Waals surface area contributed by atoms with Gasteiger partial charge >= 0.3 is 0 Å². The molecule has 2 fully saturated rings. The van der Waals surface area contributed by atoms with Crippen LogP contribution in [0.3, 0.4) is 0 Å². The van der Waals surface area contributed by atoms with Gasteiger partial charge in [0.05, 0.1) is 13.2 Å². The molecule has 1 aromatic rings. The zero-order valence-electron chi connectivity index (χ0n) is 14.4. The molecule has 1 aliphatic heterocycles. The lowest BCUT2D eigenvalue weighted by atomic mass is 10.00. The number of rotatable bonds is 6. The Labute approximate surface area is 143 Å². The van der Waals surface area contributed by atoms with Gasteiger partial charge in [-0.2, -0.15) is 0 Å². The molecular formula is C19H28N2O3. The lowest BCUT2D eigenvalue weighted by molar-refractivity contribution is -0.122. The molecule has 1 aromatic carbocycles. The topological polar surface area (TPSA) is 73.6 Å². The van der Waals surface area contributed by atoms with Crippen LogP contribution in [0.4, 0.5) is 0 Å². The largest absolute Gasteiger partial charge is 0.488 e. The molecule has 5 nitrogen and oxygen atoms in total. The molecule has 1 heterocycles. The lowest BCUT2D eigenvalue weighted by Gasteiger charge is -2.18. The highest BCUT2D eigenvalue weighted by Crippen LogP contribution is 2.27. The van der Waals surface area contributed by atoms with E-state index in [1.54, 1.807) is 0 Å². The minimum absolute atomic E-state index is 0.0769. The van der Waals surface area contributed by atoms with Crippen molar-refractivity contribution in [3.8, 4) is 5.75 Å². The summed E-state index contributed by atoms with van der Waals surface area (Å²) in [5.41, 5.74) is 8.21. The van der Waals surface area contributed by atoms with Crippen LogP contribution in [0.5, 0.6) is 5.75 Å². The molecule has 5 heteroatoms. The molecule has 3 N–H and O–H groups in total. The number of aryl methyl sites for hydroxylation is 1. The van der Waals surface area contributed by atoms with Gasteiger partial charge in [-0.3, -0.25) is 4.79 Å². The fraction of sp³-hybridized carbons (Fsp3) is 0.632. The summed E-state index contributed by atoms with van der Waals surface area (Å²) in [6, 6.07) is 6.29. The third kappa shape index (κ3) is 4.48. The highest BCUT2D eigenvalue weighted by atomic mass is 16.5. The Morgan fingerprint density at radius 1 is 1.38 bits per heavy atom. The van der Waals surface area contributed by atoms with Crippen molar-refractivity contribution >= 4 is 5.91 Å². The standard InChI is InChI=1S/C19H28N2O3/c1-13-5-6-15(18(9-13)24-16-7-8-23-12-16)11-21-19(22)10-14-3-2-4-17(14)20/h5-6,9,14,16-17H,2-4,7-8,10-12,20H2,1H3,(H,21,22)/t14-,16?,17+/m0/s1. The Bertz CT molecular complexity index is 570. The monoisotopic (exact) mass is 332 g/mol. The van der Waals surface area contributed by atoms with E-state index in [1.165, 1.54) is 0 Å². The van der Waals surface area contributed by atoms with Gasteiger partial charge in [-0.1, -0.05) is 18.6 Å². The first kappa shape index (κ1) is 17.2. The normalized spacial score (nSPS) is 26.5. The number of ether oxygens (including phenoxy) is 2. The summed E-state index contributed by atoms with van der Waals surface area (Å²) < 4.78 is 11.4. The Kier molecular flexibility index (Phi) is 5.74. The molecule has 0 radical (unpaired) electrons. The average molecular weight is 332 g/mol. The molecule has 0 bridgehead atoms. The van der Waals surface area contributed by atoms with Crippen molar-refractivity contribution in [2.45, 2.75) is 57.7 Å². The third-order valence-electron chi connectivity index (χ3n) is 5.05. The summed E-state index contributed by atoms with van der Waals surface area (Å²) in [6.45, 7) is 3.93. The van der Waals surface area contributed by atoms with Crippen molar-refractivity contribution in [2.75, 3.05) is 13.2 Å². The van der Waals surface area contributed by atoms with E-state index in [1.807, 2.05) is 25.1 Å².